The highest BCUT2D eigenvalue weighted by Gasteiger charge is 2.40. The number of anilines is 2. The molecule has 1 aromatic rings. The number of benzene rings is 1. The summed E-state index contributed by atoms with van der Waals surface area (Å²) in [5.74, 6) is 1.52. The van der Waals surface area contributed by atoms with Crippen molar-refractivity contribution in [2.45, 2.75) is 45.1 Å². The molecule has 5 nitrogen and oxygen atoms in total. The number of nitro groups is 1. The topological polar surface area (TPSA) is 67.2 Å². The third kappa shape index (κ3) is 2.82. The summed E-state index contributed by atoms with van der Waals surface area (Å²) in [5.41, 5.74) is 1.47. The number of nitrogens with zero attached hydrogens (tertiary/aromatic N) is 1. The van der Waals surface area contributed by atoms with Crippen molar-refractivity contribution >= 4 is 17.1 Å². The molecule has 0 spiro atoms. The summed E-state index contributed by atoms with van der Waals surface area (Å²) in [6.45, 7) is 2.80. The number of nitrogens with one attached hydrogen (secondary N) is 2. The fourth-order valence-electron chi connectivity index (χ4n) is 3.88. The Balaban J connectivity index is 1.82. The molecule has 2 fully saturated rings. The van der Waals surface area contributed by atoms with Crippen LogP contribution >= 0.6 is 0 Å². The number of hydrogen-bond donors (Lipinski definition) is 2. The zero-order valence-electron chi connectivity index (χ0n) is 12.5. The van der Waals surface area contributed by atoms with Crippen molar-refractivity contribution in [2.24, 2.45) is 11.8 Å². The van der Waals surface area contributed by atoms with Crippen LogP contribution in [0.3, 0.4) is 0 Å². The Morgan fingerprint density at radius 2 is 2.10 bits per heavy atom. The monoisotopic (exact) mass is 289 g/mol. The summed E-state index contributed by atoms with van der Waals surface area (Å²) in [6, 6.07) is 5.92. The van der Waals surface area contributed by atoms with Crippen molar-refractivity contribution < 1.29 is 4.92 Å². The first-order valence-electron chi connectivity index (χ1n) is 7.96. The quantitative estimate of drug-likeness (QED) is 0.613. The van der Waals surface area contributed by atoms with E-state index in [1.54, 1.807) is 6.07 Å². The first-order valence-corrected chi connectivity index (χ1v) is 7.96. The molecule has 0 saturated heterocycles. The van der Waals surface area contributed by atoms with Gasteiger partial charge in [-0.2, -0.15) is 0 Å². The number of para-hydroxylation sites is 1. The fourth-order valence-corrected chi connectivity index (χ4v) is 3.88. The molecule has 1 aromatic carbocycles. The SMILES string of the molecule is CCCNc1cccc(NC2CC3CCC2C3)c1[N+](=O)[O-]. The fraction of sp³-hybridized carbons (Fsp3) is 0.625. The lowest BCUT2D eigenvalue weighted by atomic mass is 9.95. The van der Waals surface area contributed by atoms with E-state index in [0.29, 0.717) is 23.3 Å². The molecule has 2 saturated carbocycles. The Morgan fingerprint density at radius 1 is 1.29 bits per heavy atom. The molecule has 2 bridgehead atoms. The molecule has 2 aliphatic carbocycles. The van der Waals surface area contributed by atoms with E-state index in [-0.39, 0.29) is 10.6 Å². The van der Waals surface area contributed by atoms with Gasteiger partial charge in [0.25, 0.3) is 0 Å². The van der Waals surface area contributed by atoms with Gasteiger partial charge in [-0.05, 0) is 49.7 Å². The maximum atomic E-state index is 11.5. The molecule has 0 heterocycles. The molecule has 0 aromatic heterocycles. The lowest BCUT2D eigenvalue weighted by molar-refractivity contribution is -0.383. The summed E-state index contributed by atoms with van der Waals surface area (Å²) in [6.07, 6.45) is 6.00. The van der Waals surface area contributed by atoms with Gasteiger partial charge >= 0.3 is 5.69 Å². The first kappa shape index (κ1) is 14.2. The summed E-state index contributed by atoms with van der Waals surface area (Å²) < 4.78 is 0. The maximum absolute atomic E-state index is 11.5. The second-order valence-corrected chi connectivity index (χ2v) is 6.31. The van der Waals surface area contributed by atoms with Crippen molar-refractivity contribution in [2.75, 3.05) is 17.2 Å². The van der Waals surface area contributed by atoms with Gasteiger partial charge in [-0.3, -0.25) is 10.1 Å². The second kappa shape index (κ2) is 5.92. The van der Waals surface area contributed by atoms with Crippen LogP contribution in [-0.2, 0) is 0 Å². The van der Waals surface area contributed by atoms with Gasteiger partial charge in [0.05, 0.1) is 4.92 Å². The van der Waals surface area contributed by atoms with Gasteiger partial charge < -0.3 is 10.6 Å². The summed E-state index contributed by atoms with van der Waals surface area (Å²) in [7, 11) is 0. The molecule has 114 valence electrons. The minimum Gasteiger partial charge on any atom is -0.379 e. The number of rotatable bonds is 6. The Morgan fingerprint density at radius 3 is 2.71 bits per heavy atom. The molecule has 2 aliphatic rings. The molecule has 0 aliphatic heterocycles. The van der Waals surface area contributed by atoms with Gasteiger partial charge in [-0.1, -0.05) is 19.4 Å². The predicted octanol–water partition coefficient (Wildman–Crippen LogP) is 4.02. The standard InChI is InChI=1S/C16H23N3O2/c1-2-8-17-13-4-3-5-14(16(13)19(20)21)18-15-10-11-6-7-12(15)9-11/h3-5,11-12,15,17-18H,2,6-10H2,1H3. The average molecular weight is 289 g/mol. The van der Waals surface area contributed by atoms with Crippen LogP contribution in [0.2, 0.25) is 0 Å². The highest BCUT2D eigenvalue weighted by Crippen LogP contribution is 2.46. The van der Waals surface area contributed by atoms with Crippen LogP contribution in [0.1, 0.15) is 39.0 Å². The Labute approximate surface area is 125 Å². The lowest BCUT2D eigenvalue weighted by Crippen LogP contribution is -2.26. The van der Waals surface area contributed by atoms with Gasteiger partial charge in [0.1, 0.15) is 11.4 Å². The largest absolute Gasteiger partial charge is 0.379 e. The van der Waals surface area contributed by atoms with Crippen LogP contribution in [0.4, 0.5) is 17.1 Å². The second-order valence-electron chi connectivity index (χ2n) is 6.31. The minimum atomic E-state index is -0.270. The average Bonchev–Trinajstić information content (AvgIpc) is 3.07. The molecule has 5 heteroatoms. The molecule has 0 radical (unpaired) electrons. The van der Waals surface area contributed by atoms with Crippen LogP contribution in [0, 0.1) is 22.0 Å². The Hall–Kier alpha value is -1.78. The van der Waals surface area contributed by atoms with Gasteiger partial charge in [0, 0.05) is 12.6 Å². The number of fused-ring (bicyclic) bond motifs is 2. The maximum Gasteiger partial charge on any atom is 0.315 e. The third-order valence-electron chi connectivity index (χ3n) is 4.86. The number of nitro benzene ring substituents is 1. The van der Waals surface area contributed by atoms with Crippen molar-refractivity contribution in [1.29, 1.82) is 0 Å². The normalized spacial score (nSPS) is 26.8. The lowest BCUT2D eigenvalue weighted by Gasteiger charge is -2.24. The zero-order chi connectivity index (χ0) is 14.8. The molecule has 3 atom stereocenters. The van der Waals surface area contributed by atoms with E-state index in [1.165, 1.54) is 19.3 Å². The first-order chi connectivity index (χ1) is 10.2. The Bertz CT molecular complexity index is 532. The van der Waals surface area contributed by atoms with E-state index < -0.39 is 0 Å². The van der Waals surface area contributed by atoms with E-state index in [0.717, 1.165) is 25.3 Å². The summed E-state index contributed by atoms with van der Waals surface area (Å²) in [4.78, 5) is 11.2. The molecule has 2 N–H and O–H groups in total. The van der Waals surface area contributed by atoms with Crippen LogP contribution in [-0.4, -0.2) is 17.5 Å². The summed E-state index contributed by atoms with van der Waals surface area (Å²) >= 11 is 0. The van der Waals surface area contributed by atoms with E-state index in [4.69, 9.17) is 0 Å². The van der Waals surface area contributed by atoms with Crippen LogP contribution in [0.5, 0.6) is 0 Å². The van der Waals surface area contributed by atoms with Crippen molar-refractivity contribution in [3.8, 4) is 0 Å². The van der Waals surface area contributed by atoms with Crippen LogP contribution in [0.25, 0.3) is 0 Å². The molecular formula is C16H23N3O2. The Kier molecular flexibility index (Phi) is 3.99. The van der Waals surface area contributed by atoms with Crippen molar-refractivity contribution in [1.82, 2.24) is 0 Å². The van der Waals surface area contributed by atoms with Crippen LogP contribution in [0.15, 0.2) is 18.2 Å². The van der Waals surface area contributed by atoms with E-state index in [9.17, 15) is 10.1 Å². The van der Waals surface area contributed by atoms with E-state index >= 15 is 0 Å². The zero-order valence-corrected chi connectivity index (χ0v) is 12.5. The number of hydrogen-bond acceptors (Lipinski definition) is 4. The molecular weight excluding hydrogens is 266 g/mol. The molecule has 3 rings (SSSR count). The van der Waals surface area contributed by atoms with Crippen molar-refractivity contribution in [3.05, 3.63) is 28.3 Å². The van der Waals surface area contributed by atoms with Gasteiger partial charge in [-0.25, -0.2) is 0 Å². The van der Waals surface area contributed by atoms with Gasteiger partial charge in [0.2, 0.25) is 0 Å². The highest BCUT2D eigenvalue weighted by atomic mass is 16.6. The third-order valence-corrected chi connectivity index (χ3v) is 4.86. The predicted molar refractivity (Wildman–Crippen MR) is 84.7 cm³/mol. The van der Waals surface area contributed by atoms with Gasteiger partial charge in [0.15, 0.2) is 0 Å². The highest BCUT2D eigenvalue weighted by molar-refractivity contribution is 5.76. The molecule has 0 amide bonds. The van der Waals surface area contributed by atoms with Crippen LogP contribution < -0.4 is 10.6 Å². The minimum absolute atomic E-state index is 0.189. The van der Waals surface area contributed by atoms with Gasteiger partial charge in [-0.15, -0.1) is 0 Å². The summed E-state index contributed by atoms with van der Waals surface area (Å²) in [5, 5.41) is 18.1. The smallest absolute Gasteiger partial charge is 0.315 e. The molecule has 3 unspecified atom stereocenters. The molecule has 21 heavy (non-hydrogen) atoms. The van der Waals surface area contributed by atoms with Crippen molar-refractivity contribution in [3.63, 3.8) is 0 Å². The van der Waals surface area contributed by atoms with E-state index in [2.05, 4.69) is 17.6 Å². The van der Waals surface area contributed by atoms with E-state index in [1.807, 2.05) is 12.1 Å².